The standard InChI is InChI=1S/C9H9BrN2O/c1-5-3-7(10)9(13-2)6-4-11-12-8(5)6/h3-4H,1-2H3,(H,11,12). The SMILES string of the molecule is COc1c(Br)cc(C)c2n[nH]cc12. The number of hydrogen-bond acceptors (Lipinski definition) is 2. The molecule has 68 valence electrons. The van der Waals surface area contributed by atoms with Crippen LogP contribution in [0.5, 0.6) is 5.75 Å². The van der Waals surface area contributed by atoms with Gasteiger partial charge in [-0.05, 0) is 34.5 Å². The lowest BCUT2D eigenvalue weighted by Crippen LogP contribution is -1.87. The Kier molecular flexibility index (Phi) is 2.00. The van der Waals surface area contributed by atoms with Crippen molar-refractivity contribution in [3.63, 3.8) is 0 Å². The summed E-state index contributed by atoms with van der Waals surface area (Å²) in [7, 11) is 1.65. The third-order valence-corrected chi connectivity index (χ3v) is 2.61. The van der Waals surface area contributed by atoms with Crippen molar-refractivity contribution in [1.82, 2.24) is 10.2 Å². The first-order valence-corrected chi connectivity index (χ1v) is 4.70. The van der Waals surface area contributed by atoms with Crippen LogP contribution in [-0.2, 0) is 0 Å². The summed E-state index contributed by atoms with van der Waals surface area (Å²) in [6, 6.07) is 2.00. The molecular formula is C9H9BrN2O. The van der Waals surface area contributed by atoms with E-state index in [2.05, 4.69) is 26.1 Å². The molecule has 3 nitrogen and oxygen atoms in total. The largest absolute Gasteiger partial charge is 0.495 e. The second-order valence-electron chi connectivity index (χ2n) is 2.86. The van der Waals surface area contributed by atoms with Crippen LogP contribution in [0.4, 0.5) is 0 Å². The van der Waals surface area contributed by atoms with Gasteiger partial charge in [0.2, 0.25) is 0 Å². The number of methoxy groups -OCH3 is 1. The zero-order chi connectivity index (χ0) is 9.42. The molecule has 1 N–H and O–H groups in total. The van der Waals surface area contributed by atoms with Crippen LogP contribution in [0.1, 0.15) is 5.56 Å². The first-order chi connectivity index (χ1) is 6.24. The van der Waals surface area contributed by atoms with Gasteiger partial charge in [0.25, 0.3) is 0 Å². The molecule has 0 saturated heterocycles. The summed E-state index contributed by atoms with van der Waals surface area (Å²) in [6.45, 7) is 2.02. The maximum atomic E-state index is 5.26. The Balaban J connectivity index is 2.88. The summed E-state index contributed by atoms with van der Waals surface area (Å²) < 4.78 is 6.22. The number of aryl methyl sites for hydroxylation is 1. The topological polar surface area (TPSA) is 37.9 Å². The maximum Gasteiger partial charge on any atom is 0.144 e. The zero-order valence-corrected chi connectivity index (χ0v) is 8.97. The second-order valence-corrected chi connectivity index (χ2v) is 3.71. The Morgan fingerprint density at radius 2 is 2.31 bits per heavy atom. The number of nitrogens with one attached hydrogen (secondary N) is 1. The fourth-order valence-electron chi connectivity index (χ4n) is 1.42. The van der Waals surface area contributed by atoms with Crippen LogP contribution in [0, 0.1) is 6.92 Å². The molecule has 0 unspecified atom stereocenters. The summed E-state index contributed by atoms with van der Waals surface area (Å²) in [6.07, 6.45) is 1.84. The molecular weight excluding hydrogens is 232 g/mol. The number of rotatable bonds is 1. The lowest BCUT2D eigenvalue weighted by molar-refractivity contribution is 0.417. The maximum absolute atomic E-state index is 5.26. The van der Waals surface area contributed by atoms with Crippen molar-refractivity contribution in [2.45, 2.75) is 6.92 Å². The quantitative estimate of drug-likeness (QED) is 0.833. The van der Waals surface area contributed by atoms with Gasteiger partial charge in [0.05, 0.1) is 22.5 Å². The summed E-state index contributed by atoms with van der Waals surface area (Å²) in [5.74, 6) is 0.828. The zero-order valence-electron chi connectivity index (χ0n) is 7.39. The van der Waals surface area contributed by atoms with Crippen LogP contribution in [0.2, 0.25) is 0 Å². The Bertz CT molecular complexity index is 450. The van der Waals surface area contributed by atoms with Gasteiger partial charge in [-0.1, -0.05) is 0 Å². The fraction of sp³-hybridized carbons (Fsp3) is 0.222. The number of benzene rings is 1. The molecule has 0 aliphatic rings. The van der Waals surface area contributed by atoms with Gasteiger partial charge in [0.15, 0.2) is 0 Å². The second kappa shape index (κ2) is 3.03. The van der Waals surface area contributed by atoms with Crippen molar-refractivity contribution in [2.75, 3.05) is 7.11 Å². The highest BCUT2D eigenvalue weighted by atomic mass is 79.9. The van der Waals surface area contributed by atoms with Gasteiger partial charge in [-0.15, -0.1) is 0 Å². The van der Waals surface area contributed by atoms with Crippen molar-refractivity contribution in [2.24, 2.45) is 0 Å². The molecule has 2 aromatic rings. The van der Waals surface area contributed by atoms with E-state index < -0.39 is 0 Å². The van der Waals surface area contributed by atoms with Crippen LogP contribution < -0.4 is 4.74 Å². The Labute approximate surface area is 84.2 Å². The van der Waals surface area contributed by atoms with Crippen molar-refractivity contribution in [3.05, 3.63) is 22.3 Å². The molecule has 0 aliphatic heterocycles. The van der Waals surface area contributed by atoms with Gasteiger partial charge >= 0.3 is 0 Å². The number of H-pyrrole nitrogens is 1. The molecule has 0 fully saturated rings. The minimum atomic E-state index is 0.828. The molecule has 1 aromatic heterocycles. The summed E-state index contributed by atoms with van der Waals surface area (Å²) >= 11 is 3.45. The highest BCUT2D eigenvalue weighted by Gasteiger charge is 2.10. The van der Waals surface area contributed by atoms with Gasteiger partial charge in [0.1, 0.15) is 5.75 Å². The summed E-state index contributed by atoms with van der Waals surface area (Å²) in [4.78, 5) is 0. The number of nitrogens with zero attached hydrogens (tertiary/aromatic N) is 1. The molecule has 1 aromatic carbocycles. The third kappa shape index (κ3) is 1.21. The Morgan fingerprint density at radius 1 is 1.54 bits per heavy atom. The molecule has 0 aliphatic carbocycles. The van der Waals surface area contributed by atoms with Gasteiger partial charge in [0, 0.05) is 6.20 Å². The Hall–Kier alpha value is -1.03. The van der Waals surface area contributed by atoms with E-state index >= 15 is 0 Å². The first-order valence-electron chi connectivity index (χ1n) is 3.90. The fourth-order valence-corrected chi connectivity index (χ4v) is 2.14. The first kappa shape index (κ1) is 8.56. The molecule has 0 atom stereocenters. The molecule has 0 saturated carbocycles. The number of ether oxygens (including phenoxy) is 1. The smallest absolute Gasteiger partial charge is 0.144 e. The number of halogens is 1. The van der Waals surface area contributed by atoms with Gasteiger partial charge in [-0.25, -0.2) is 0 Å². The molecule has 0 spiro atoms. The molecule has 0 radical (unpaired) electrons. The van der Waals surface area contributed by atoms with Crippen LogP contribution in [0.25, 0.3) is 10.9 Å². The van der Waals surface area contributed by atoms with Crippen LogP contribution >= 0.6 is 15.9 Å². The molecule has 0 bridgehead atoms. The number of aromatic amines is 1. The molecule has 2 rings (SSSR count). The summed E-state index contributed by atoms with van der Waals surface area (Å²) in [5.41, 5.74) is 2.09. The van der Waals surface area contributed by atoms with E-state index in [9.17, 15) is 0 Å². The highest BCUT2D eigenvalue weighted by Crippen LogP contribution is 2.34. The van der Waals surface area contributed by atoms with E-state index in [-0.39, 0.29) is 0 Å². The predicted octanol–water partition coefficient (Wildman–Crippen LogP) is 2.64. The van der Waals surface area contributed by atoms with E-state index in [1.165, 1.54) is 0 Å². The van der Waals surface area contributed by atoms with Crippen molar-refractivity contribution < 1.29 is 4.74 Å². The molecule has 4 heteroatoms. The van der Waals surface area contributed by atoms with E-state index in [1.807, 2.05) is 19.2 Å². The highest BCUT2D eigenvalue weighted by molar-refractivity contribution is 9.10. The van der Waals surface area contributed by atoms with Crippen LogP contribution in [0.15, 0.2) is 16.7 Å². The number of fused-ring (bicyclic) bond motifs is 1. The van der Waals surface area contributed by atoms with E-state index in [0.717, 1.165) is 26.7 Å². The molecule has 13 heavy (non-hydrogen) atoms. The average molecular weight is 241 g/mol. The Morgan fingerprint density at radius 3 is 3.00 bits per heavy atom. The van der Waals surface area contributed by atoms with Gasteiger partial charge < -0.3 is 4.74 Å². The van der Waals surface area contributed by atoms with Crippen LogP contribution in [0.3, 0.4) is 0 Å². The van der Waals surface area contributed by atoms with Crippen molar-refractivity contribution in [1.29, 1.82) is 0 Å². The summed E-state index contributed by atoms with van der Waals surface area (Å²) in [5, 5.41) is 7.98. The van der Waals surface area contributed by atoms with Gasteiger partial charge in [-0.3, -0.25) is 5.10 Å². The predicted molar refractivity (Wildman–Crippen MR) is 55.1 cm³/mol. The molecule has 1 heterocycles. The lowest BCUT2D eigenvalue weighted by atomic mass is 10.1. The van der Waals surface area contributed by atoms with Crippen molar-refractivity contribution in [3.8, 4) is 5.75 Å². The monoisotopic (exact) mass is 240 g/mol. The minimum Gasteiger partial charge on any atom is -0.495 e. The van der Waals surface area contributed by atoms with E-state index in [1.54, 1.807) is 7.11 Å². The van der Waals surface area contributed by atoms with Crippen molar-refractivity contribution >= 4 is 26.8 Å². The number of aromatic nitrogens is 2. The average Bonchev–Trinajstić information content (AvgIpc) is 2.53. The number of hydrogen-bond donors (Lipinski definition) is 1. The van der Waals surface area contributed by atoms with Gasteiger partial charge in [-0.2, -0.15) is 5.10 Å². The minimum absolute atomic E-state index is 0.828. The lowest BCUT2D eigenvalue weighted by Gasteiger charge is -2.05. The van der Waals surface area contributed by atoms with Crippen LogP contribution in [-0.4, -0.2) is 17.3 Å². The third-order valence-electron chi connectivity index (χ3n) is 2.02. The molecule has 0 amide bonds. The van der Waals surface area contributed by atoms with E-state index in [4.69, 9.17) is 4.74 Å². The normalized spacial score (nSPS) is 10.7. The van der Waals surface area contributed by atoms with E-state index in [0.29, 0.717) is 0 Å².